The molecule has 1 aromatic heterocycles. The van der Waals surface area contributed by atoms with E-state index < -0.39 is 15.4 Å². The first-order valence-corrected chi connectivity index (χ1v) is 18.5. The van der Waals surface area contributed by atoms with Gasteiger partial charge in [-0.15, -0.1) is 0 Å². The van der Waals surface area contributed by atoms with Gasteiger partial charge in [0.1, 0.15) is 12.4 Å². The Hall–Kier alpha value is -4.09. The van der Waals surface area contributed by atoms with Crippen molar-refractivity contribution >= 4 is 20.9 Å². The number of rotatable bonds is 11. The van der Waals surface area contributed by atoms with Crippen molar-refractivity contribution in [1.29, 1.82) is 0 Å². The molecule has 0 fully saturated rings. The third-order valence-corrected chi connectivity index (χ3v) is 13.1. The third-order valence-electron chi connectivity index (χ3n) is 8.50. The molecule has 246 valence electrons. The third kappa shape index (κ3) is 9.01. The van der Waals surface area contributed by atoms with E-state index >= 15 is 0 Å². The predicted molar refractivity (Wildman–Crippen MR) is 185 cm³/mol. The van der Waals surface area contributed by atoms with Crippen molar-refractivity contribution in [1.82, 2.24) is 9.88 Å². The average molecular weight is 647 g/mol. The van der Waals surface area contributed by atoms with Crippen LogP contribution in [0.25, 0.3) is 11.1 Å². The van der Waals surface area contributed by atoms with Crippen LogP contribution in [0.1, 0.15) is 50.9 Å². The van der Waals surface area contributed by atoms with E-state index in [4.69, 9.17) is 28.2 Å². The van der Waals surface area contributed by atoms with Gasteiger partial charge in [0, 0.05) is 42.4 Å². The maximum Gasteiger partial charge on any atom is 0.636 e. The molecule has 11 heteroatoms. The summed E-state index contributed by atoms with van der Waals surface area (Å²) in [5.41, 5.74) is 5.80. The molecule has 9 nitrogen and oxygen atoms in total. The molecule has 1 aliphatic rings. The highest BCUT2D eigenvalue weighted by Gasteiger charge is 2.38. The first kappa shape index (κ1) is 34.8. The fourth-order valence-corrected chi connectivity index (χ4v) is 6.29. The van der Waals surface area contributed by atoms with Gasteiger partial charge in [0.05, 0.1) is 19.0 Å². The fraction of sp³-hybridized carbons (Fsp3) is 0.400. The summed E-state index contributed by atoms with van der Waals surface area (Å²) >= 11 is 0. The molecule has 0 radical (unpaired) electrons. The Morgan fingerprint density at radius 1 is 0.913 bits per heavy atom. The average Bonchev–Trinajstić information content (AvgIpc) is 2.95. The summed E-state index contributed by atoms with van der Waals surface area (Å²) < 4.78 is 29.4. The van der Waals surface area contributed by atoms with E-state index in [1.165, 1.54) is 17.3 Å². The molecule has 0 saturated carbocycles. The molecule has 0 amide bonds. The number of pyridine rings is 1. The molecular weight excluding hydrogens is 599 g/mol. The quantitative estimate of drug-likeness (QED) is 0.205. The number of aliphatic hydroxyl groups is 2. The Morgan fingerprint density at radius 3 is 2.17 bits per heavy atom. The van der Waals surface area contributed by atoms with Crippen LogP contribution in [-0.4, -0.2) is 55.3 Å². The second-order valence-corrected chi connectivity index (χ2v) is 18.0. The second-order valence-electron chi connectivity index (χ2n) is 13.2. The summed E-state index contributed by atoms with van der Waals surface area (Å²) in [6, 6.07) is 17.3. The number of nitrogens with zero attached hydrogens (tertiary/aromatic N) is 2. The number of hydrogen-bond acceptors (Lipinski definition) is 9. The first-order chi connectivity index (χ1) is 21.6. The van der Waals surface area contributed by atoms with Crippen LogP contribution in [0.5, 0.6) is 11.6 Å². The highest BCUT2D eigenvalue weighted by Crippen LogP contribution is 2.37. The van der Waals surface area contributed by atoms with Crippen LogP contribution in [-0.2, 0) is 20.3 Å². The van der Waals surface area contributed by atoms with Crippen molar-refractivity contribution in [3.05, 3.63) is 95.7 Å². The largest absolute Gasteiger partial charge is 0.636 e. The van der Waals surface area contributed by atoms with Crippen molar-refractivity contribution in [3.63, 3.8) is 0 Å². The molecule has 0 spiro atoms. The number of aromatic nitrogens is 1. The summed E-state index contributed by atoms with van der Waals surface area (Å²) in [4.78, 5) is 6.17. The minimum absolute atomic E-state index is 0.127. The fourth-order valence-electron chi connectivity index (χ4n) is 4.81. The van der Waals surface area contributed by atoms with Crippen LogP contribution in [0.3, 0.4) is 0 Å². The highest BCUT2D eigenvalue weighted by molar-refractivity contribution is 6.74. The minimum atomic E-state index is -1.81. The molecule has 0 bridgehead atoms. The minimum Gasteiger partial charge on any atom is -0.494 e. The molecule has 2 heterocycles. The van der Waals surface area contributed by atoms with Crippen molar-refractivity contribution in [3.8, 4) is 22.8 Å². The van der Waals surface area contributed by atoms with E-state index in [1.54, 1.807) is 31.3 Å². The van der Waals surface area contributed by atoms with Gasteiger partial charge < -0.3 is 38.3 Å². The molecule has 1 atom stereocenters. The number of hydrogen-bond donors (Lipinski definition) is 2. The molecule has 1 aliphatic heterocycles. The Balaban J connectivity index is 1.36. The highest BCUT2D eigenvalue weighted by atomic mass is 28.4. The molecule has 0 saturated heterocycles. The van der Waals surface area contributed by atoms with Gasteiger partial charge in [0.2, 0.25) is 5.88 Å². The standard InChI is InChI=1S/C35H47BN2O7Si/c1-24(45-46(8,9)35(4,5)6)19-20-41-32-18-17-31(26(3)37-32)30-12-10-11-27(25(30)2)23-42-29-15-13-28(14-16-29)36-43-33(39)21-38(7)22-34(40)44-36/h10-18,21-22,24,39-40H,19-20,23H2,1-9H3/b33-21-,34-22-/t24-/m0/s1. The van der Waals surface area contributed by atoms with Crippen molar-refractivity contribution in [2.24, 2.45) is 0 Å². The zero-order valence-electron chi connectivity index (χ0n) is 28.5. The van der Waals surface area contributed by atoms with Gasteiger partial charge in [-0.05, 0) is 73.8 Å². The van der Waals surface area contributed by atoms with Crippen LogP contribution in [0.2, 0.25) is 18.1 Å². The molecule has 4 rings (SSSR count). The summed E-state index contributed by atoms with van der Waals surface area (Å²) in [5.74, 6) is 0.594. The van der Waals surface area contributed by atoms with Crippen molar-refractivity contribution < 1.29 is 33.4 Å². The zero-order valence-corrected chi connectivity index (χ0v) is 29.5. The van der Waals surface area contributed by atoms with Gasteiger partial charge in [0.25, 0.3) is 11.9 Å². The summed E-state index contributed by atoms with van der Waals surface area (Å²) in [5, 5.41) is 20.2. The van der Waals surface area contributed by atoms with Gasteiger partial charge in [-0.2, -0.15) is 0 Å². The van der Waals surface area contributed by atoms with E-state index in [2.05, 4.69) is 65.9 Å². The molecule has 0 unspecified atom stereocenters. The van der Waals surface area contributed by atoms with Gasteiger partial charge in [0.15, 0.2) is 8.32 Å². The van der Waals surface area contributed by atoms with E-state index in [0.29, 0.717) is 30.3 Å². The Bertz CT molecular complexity index is 1530. The maximum atomic E-state index is 10.0. The van der Waals surface area contributed by atoms with Crippen molar-refractivity contribution in [2.75, 3.05) is 13.7 Å². The van der Waals surface area contributed by atoms with Crippen molar-refractivity contribution in [2.45, 2.75) is 78.8 Å². The van der Waals surface area contributed by atoms with Gasteiger partial charge in [-0.3, -0.25) is 0 Å². The van der Waals surface area contributed by atoms with Gasteiger partial charge in [-0.1, -0.05) is 51.1 Å². The summed E-state index contributed by atoms with van der Waals surface area (Å²) in [6.45, 7) is 18.4. The molecule has 46 heavy (non-hydrogen) atoms. The van der Waals surface area contributed by atoms with E-state index in [0.717, 1.165) is 34.4 Å². The lowest BCUT2D eigenvalue weighted by Gasteiger charge is -2.38. The maximum absolute atomic E-state index is 10.0. The van der Waals surface area contributed by atoms with E-state index in [1.807, 2.05) is 19.1 Å². The SMILES string of the molecule is Cc1nc(OCC[C@H](C)O[Si](C)(C)C(C)(C)C)ccc1-c1cccc(COc2ccc(B3O/C(O)=C\N(C)/C=C(/O)O3)cc2)c1C. The summed E-state index contributed by atoms with van der Waals surface area (Å²) in [6.07, 6.45) is 3.59. The number of benzene rings is 2. The predicted octanol–water partition coefficient (Wildman–Crippen LogP) is 7.51. The van der Waals surface area contributed by atoms with Crippen LogP contribution in [0.15, 0.2) is 78.9 Å². The van der Waals surface area contributed by atoms with Gasteiger partial charge in [-0.25, -0.2) is 4.98 Å². The molecular formula is C35H47BN2O7Si. The Morgan fingerprint density at radius 2 is 1.57 bits per heavy atom. The zero-order chi connectivity index (χ0) is 33.6. The topological polar surface area (TPSA) is 103 Å². The number of aliphatic hydroxyl groups excluding tert-OH is 2. The number of ether oxygens (including phenoxy) is 2. The van der Waals surface area contributed by atoms with Crippen LogP contribution in [0, 0.1) is 13.8 Å². The molecule has 0 aliphatic carbocycles. The smallest absolute Gasteiger partial charge is 0.494 e. The second kappa shape index (κ2) is 14.6. The molecule has 3 aromatic rings. The Kier molecular flexibility index (Phi) is 11.0. The van der Waals surface area contributed by atoms with Gasteiger partial charge >= 0.3 is 7.12 Å². The lowest BCUT2D eigenvalue weighted by molar-refractivity contribution is 0.124. The lowest BCUT2D eigenvalue weighted by Crippen LogP contribution is -2.43. The van der Waals surface area contributed by atoms with Crippen LogP contribution < -0.4 is 14.9 Å². The molecule has 2 aromatic carbocycles. The monoisotopic (exact) mass is 646 g/mol. The Labute approximate surface area is 274 Å². The number of aryl methyl sites for hydroxylation is 1. The normalized spacial score (nSPS) is 17.0. The van der Waals surface area contributed by atoms with Crippen LogP contribution in [0.4, 0.5) is 0 Å². The summed E-state index contributed by atoms with van der Waals surface area (Å²) in [7, 11) is -1.21. The van der Waals surface area contributed by atoms with E-state index in [9.17, 15) is 10.2 Å². The first-order valence-electron chi connectivity index (χ1n) is 15.6. The van der Waals surface area contributed by atoms with Crippen LogP contribution >= 0.6 is 0 Å². The lowest BCUT2D eigenvalue weighted by atomic mass is 9.79. The van der Waals surface area contributed by atoms with E-state index in [-0.39, 0.29) is 23.0 Å². The molecule has 2 N–H and O–H groups in total.